The van der Waals surface area contributed by atoms with Crippen LogP contribution in [-0.4, -0.2) is 32.3 Å². The molecule has 0 saturated carbocycles. The predicted molar refractivity (Wildman–Crippen MR) is 105 cm³/mol. The molecule has 1 heterocycles. The summed E-state index contributed by atoms with van der Waals surface area (Å²) < 4.78 is 11.4. The zero-order valence-corrected chi connectivity index (χ0v) is 15.3. The third-order valence-corrected chi connectivity index (χ3v) is 4.23. The Morgan fingerprint density at radius 3 is 2.81 bits per heavy atom. The Kier molecular flexibility index (Phi) is 6.90. The van der Waals surface area contributed by atoms with Gasteiger partial charge in [0.05, 0.1) is 32.4 Å². The van der Waals surface area contributed by atoms with E-state index in [1.54, 1.807) is 0 Å². The maximum Gasteiger partial charge on any atom is 0.191 e. The lowest BCUT2D eigenvalue weighted by Crippen LogP contribution is -2.41. The summed E-state index contributed by atoms with van der Waals surface area (Å²) in [5.74, 6) is 1.77. The van der Waals surface area contributed by atoms with E-state index in [-0.39, 0.29) is 6.04 Å². The highest BCUT2D eigenvalue weighted by Crippen LogP contribution is 2.31. The summed E-state index contributed by atoms with van der Waals surface area (Å²) in [6.07, 6.45) is 0.923. The van der Waals surface area contributed by atoms with E-state index in [9.17, 15) is 0 Å². The van der Waals surface area contributed by atoms with Crippen molar-refractivity contribution >= 4 is 5.96 Å². The molecule has 0 fully saturated rings. The topological polar surface area (TPSA) is 54.9 Å². The number of guanidine groups is 1. The number of nitrogens with zero attached hydrogens (tertiary/aromatic N) is 1. The van der Waals surface area contributed by atoms with Crippen LogP contribution in [0, 0.1) is 0 Å². The van der Waals surface area contributed by atoms with Crippen molar-refractivity contribution < 1.29 is 9.47 Å². The molecule has 1 unspecified atom stereocenters. The lowest BCUT2D eigenvalue weighted by atomic mass is 10.0. The quantitative estimate of drug-likeness (QED) is 0.456. The van der Waals surface area contributed by atoms with Crippen molar-refractivity contribution in [3.8, 4) is 5.75 Å². The molecule has 5 nitrogen and oxygen atoms in total. The van der Waals surface area contributed by atoms with Crippen molar-refractivity contribution in [2.45, 2.75) is 26.0 Å². The zero-order valence-electron chi connectivity index (χ0n) is 15.3. The van der Waals surface area contributed by atoms with Crippen molar-refractivity contribution in [1.82, 2.24) is 10.6 Å². The van der Waals surface area contributed by atoms with Crippen LogP contribution in [-0.2, 0) is 11.3 Å². The Bertz CT molecular complexity index is 703. The van der Waals surface area contributed by atoms with Gasteiger partial charge in [0.2, 0.25) is 0 Å². The van der Waals surface area contributed by atoms with Crippen LogP contribution in [0.25, 0.3) is 0 Å². The molecule has 2 aromatic rings. The van der Waals surface area contributed by atoms with Crippen LogP contribution >= 0.6 is 0 Å². The Morgan fingerprint density at radius 1 is 1.15 bits per heavy atom. The Morgan fingerprint density at radius 2 is 1.96 bits per heavy atom. The van der Waals surface area contributed by atoms with Gasteiger partial charge in [-0.05, 0) is 18.6 Å². The number of para-hydroxylation sites is 1. The minimum atomic E-state index is 0.211. The lowest BCUT2D eigenvalue weighted by Gasteiger charge is -2.28. The highest BCUT2D eigenvalue weighted by atomic mass is 16.5. The molecular formula is C21H27N3O2. The van der Waals surface area contributed by atoms with Crippen LogP contribution in [0.4, 0.5) is 0 Å². The highest BCUT2D eigenvalue weighted by Gasteiger charge is 2.21. The maximum atomic E-state index is 5.73. The SMILES string of the molecule is CCNC(=NCCOCc1ccccc1)NC1CCOc2ccccc21. The molecule has 0 aliphatic carbocycles. The summed E-state index contributed by atoms with van der Waals surface area (Å²) in [4.78, 5) is 4.64. The first-order chi connectivity index (χ1) is 12.9. The minimum Gasteiger partial charge on any atom is -0.493 e. The Balaban J connectivity index is 1.51. The first kappa shape index (κ1) is 18.3. The number of aliphatic imine (C=N–C) groups is 1. The Labute approximate surface area is 155 Å². The van der Waals surface area contributed by atoms with E-state index in [2.05, 4.69) is 40.7 Å². The van der Waals surface area contributed by atoms with Gasteiger partial charge in [-0.15, -0.1) is 0 Å². The molecule has 1 aliphatic rings. The fourth-order valence-electron chi connectivity index (χ4n) is 2.96. The van der Waals surface area contributed by atoms with E-state index < -0.39 is 0 Å². The van der Waals surface area contributed by atoms with Crippen LogP contribution in [0.3, 0.4) is 0 Å². The molecule has 5 heteroatoms. The normalized spacial score (nSPS) is 16.5. The molecule has 138 valence electrons. The molecule has 0 aromatic heterocycles. The fraction of sp³-hybridized carbons (Fsp3) is 0.381. The summed E-state index contributed by atoms with van der Waals surface area (Å²) in [6, 6.07) is 18.6. The molecule has 0 saturated heterocycles. The summed E-state index contributed by atoms with van der Waals surface area (Å²) in [5.41, 5.74) is 2.37. The third kappa shape index (κ3) is 5.23. The molecule has 0 amide bonds. The van der Waals surface area contributed by atoms with Gasteiger partial charge in [0.15, 0.2) is 5.96 Å². The highest BCUT2D eigenvalue weighted by molar-refractivity contribution is 5.80. The van der Waals surface area contributed by atoms with Gasteiger partial charge in [0, 0.05) is 18.5 Å². The molecular weight excluding hydrogens is 326 g/mol. The predicted octanol–water partition coefficient (Wildman–Crippen LogP) is 3.28. The largest absolute Gasteiger partial charge is 0.493 e. The summed E-state index contributed by atoms with van der Waals surface area (Å²) in [5, 5.41) is 6.84. The van der Waals surface area contributed by atoms with Gasteiger partial charge in [-0.2, -0.15) is 0 Å². The monoisotopic (exact) mass is 353 g/mol. The average Bonchev–Trinajstić information content (AvgIpc) is 2.69. The van der Waals surface area contributed by atoms with Crippen molar-refractivity contribution in [2.75, 3.05) is 26.3 Å². The van der Waals surface area contributed by atoms with E-state index in [1.807, 2.05) is 36.4 Å². The van der Waals surface area contributed by atoms with Crippen molar-refractivity contribution in [3.63, 3.8) is 0 Å². The molecule has 26 heavy (non-hydrogen) atoms. The second-order valence-electron chi connectivity index (χ2n) is 6.17. The van der Waals surface area contributed by atoms with Crippen LogP contribution in [0.2, 0.25) is 0 Å². The molecule has 1 aliphatic heterocycles. The van der Waals surface area contributed by atoms with E-state index in [0.29, 0.717) is 26.4 Å². The van der Waals surface area contributed by atoms with Crippen molar-refractivity contribution in [3.05, 3.63) is 65.7 Å². The molecule has 1 atom stereocenters. The number of hydrogen-bond acceptors (Lipinski definition) is 3. The van der Waals surface area contributed by atoms with Crippen LogP contribution in [0.5, 0.6) is 5.75 Å². The number of nitrogens with one attached hydrogen (secondary N) is 2. The number of fused-ring (bicyclic) bond motifs is 1. The third-order valence-electron chi connectivity index (χ3n) is 4.23. The van der Waals surface area contributed by atoms with Crippen LogP contribution in [0.1, 0.15) is 30.5 Å². The zero-order chi connectivity index (χ0) is 18.0. The second kappa shape index (κ2) is 9.82. The first-order valence-electron chi connectivity index (χ1n) is 9.25. The van der Waals surface area contributed by atoms with Crippen molar-refractivity contribution in [1.29, 1.82) is 0 Å². The summed E-state index contributed by atoms with van der Waals surface area (Å²) in [6.45, 7) is 5.44. The fourth-order valence-corrected chi connectivity index (χ4v) is 2.96. The van der Waals surface area contributed by atoms with Gasteiger partial charge in [0.1, 0.15) is 5.75 Å². The number of ether oxygens (including phenoxy) is 2. The van der Waals surface area contributed by atoms with Crippen molar-refractivity contribution in [2.24, 2.45) is 4.99 Å². The number of rotatable bonds is 7. The average molecular weight is 353 g/mol. The minimum absolute atomic E-state index is 0.211. The summed E-state index contributed by atoms with van der Waals surface area (Å²) in [7, 11) is 0. The second-order valence-corrected chi connectivity index (χ2v) is 6.17. The van der Waals surface area contributed by atoms with E-state index >= 15 is 0 Å². The van der Waals surface area contributed by atoms with E-state index in [4.69, 9.17) is 9.47 Å². The maximum absolute atomic E-state index is 5.73. The van der Waals surface area contributed by atoms with Crippen LogP contribution < -0.4 is 15.4 Å². The number of hydrogen-bond donors (Lipinski definition) is 2. The van der Waals surface area contributed by atoms with Gasteiger partial charge in [-0.1, -0.05) is 48.5 Å². The van der Waals surface area contributed by atoms with Gasteiger partial charge in [0.25, 0.3) is 0 Å². The van der Waals surface area contributed by atoms with Gasteiger partial charge < -0.3 is 20.1 Å². The van der Waals surface area contributed by atoms with Crippen LogP contribution in [0.15, 0.2) is 59.6 Å². The molecule has 0 bridgehead atoms. The standard InChI is InChI=1S/C21H27N3O2/c1-2-22-21(23-13-15-25-16-17-8-4-3-5-9-17)24-19-12-14-26-20-11-7-6-10-18(19)20/h3-11,19H,2,12-16H2,1H3,(H2,22,23,24). The number of benzene rings is 2. The smallest absolute Gasteiger partial charge is 0.191 e. The molecule has 2 aromatic carbocycles. The molecule has 2 N–H and O–H groups in total. The Hall–Kier alpha value is -2.53. The molecule has 0 radical (unpaired) electrons. The molecule has 0 spiro atoms. The molecule has 3 rings (SSSR count). The first-order valence-corrected chi connectivity index (χ1v) is 9.25. The van der Waals surface area contributed by atoms with Gasteiger partial charge >= 0.3 is 0 Å². The lowest BCUT2D eigenvalue weighted by molar-refractivity contribution is 0.128. The van der Waals surface area contributed by atoms with E-state index in [0.717, 1.165) is 24.7 Å². The van der Waals surface area contributed by atoms with Gasteiger partial charge in [-0.3, -0.25) is 4.99 Å². The summed E-state index contributed by atoms with van der Waals surface area (Å²) >= 11 is 0. The van der Waals surface area contributed by atoms with E-state index in [1.165, 1.54) is 11.1 Å². The van der Waals surface area contributed by atoms with Gasteiger partial charge in [-0.25, -0.2) is 0 Å².